The lowest BCUT2D eigenvalue weighted by Crippen LogP contribution is -2.56. The largest absolute Gasteiger partial charge is 0.493 e. The van der Waals surface area contributed by atoms with Crippen LogP contribution in [0.5, 0.6) is 11.5 Å². The quantitative estimate of drug-likeness (QED) is 0.647. The van der Waals surface area contributed by atoms with Crippen molar-refractivity contribution in [1.82, 2.24) is 4.90 Å². The zero-order valence-electron chi connectivity index (χ0n) is 17.2. The van der Waals surface area contributed by atoms with Gasteiger partial charge >= 0.3 is 6.61 Å². The number of carbonyl (C=O) groups excluding carboxylic acids is 2. The van der Waals surface area contributed by atoms with Crippen LogP contribution in [0.3, 0.4) is 0 Å². The Morgan fingerprint density at radius 1 is 1.13 bits per heavy atom. The van der Waals surface area contributed by atoms with Crippen LogP contribution in [0.4, 0.5) is 14.5 Å². The molecule has 31 heavy (non-hydrogen) atoms. The first-order chi connectivity index (χ1) is 14.9. The highest BCUT2D eigenvalue weighted by Crippen LogP contribution is 2.34. The summed E-state index contributed by atoms with van der Waals surface area (Å²) in [4.78, 5) is 27.5. The van der Waals surface area contributed by atoms with Crippen LogP contribution >= 0.6 is 0 Å². The van der Waals surface area contributed by atoms with Gasteiger partial charge in [-0.3, -0.25) is 9.59 Å². The number of ether oxygens (including phenoxy) is 2. The van der Waals surface area contributed by atoms with Crippen LogP contribution in [0.15, 0.2) is 48.5 Å². The number of halogens is 2. The van der Waals surface area contributed by atoms with Crippen molar-refractivity contribution in [2.45, 2.75) is 25.5 Å². The van der Waals surface area contributed by atoms with Crippen molar-refractivity contribution in [3.05, 3.63) is 54.1 Å². The van der Waals surface area contributed by atoms with Gasteiger partial charge < -0.3 is 25.0 Å². The summed E-state index contributed by atoms with van der Waals surface area (Å²) in [5, 5.41) is 0. The lowest BCUT2D eigenvalue weighted by molar-refractivity contribution is -0.137. The standard InChI is InChI=1S/C22H25F2N3O4/c1-30-18-8-7-16(12-19(18)31-22(23)24)26-9-10-27(21(29)13-20(25)28)17(14-26)11-15-5-3-2-4-6-15/h2-8,12,17,22H,9-11,13-14H2,1H3,(H2,25,28)/t17-/m0/s1. The van der Waals surface area contributed by atoms with Gasteiger partial charge in [-0.2, -0.15) is 8.78 Å². The third-order valence-corrected chi connectivity index (χ3v) is 5.17. The lowest BCUT2D eigenvalue weighted by atomic mass is 10.0. The number of carbonyl (C=O) groups is 2. The number of nitrogens with zero attached hydrogens (tertiary/aromatic N) is 2. The fraction of sp³-hybridized carbons (Fsp3) is 0.364. The Morgan fingerprint density at radius 3 is 2.52 bits per heavy atom. The van der Waals surface area contributed by atoms with Gasteiger partial charge in [0, 0.05) is 31.4 Å². The van der Waals surface area contributed by atoms with E-state index in [4.69, 9.17) is 10.5 Å². The number of piperazine rings is 1. The van der Waals surface area contributed by atoms with Gasteiger partial charge in [0.1, 0.15) is 6.42 Å². The minimum Gasteiger partial charge on any atom is -0.493 e. The maximum Gasteiger partial charge on any atom is 0.387 e. The molecule has 2 N–H and O–H groups in total. The fourth-order valence-electron chi connectivity index (χ4n) is 3.78. The number of amides is 2. The van der Waals surface area contributed by atoms with Crippen molar-refractivity contribution < 1.29 is 27.8 Å². The third kappa shape index (κ3) is 5.84. The number of rotatable bonds is 8. The fourth-order valence-corrected chi connectivity index (χ4v) is 3.78. The molecule has 7 nitrogen and oxygen atoms in total. The van der Waals surface area contributed by atoms with E-state index in [9.17, 15) is 18.4 Å². The summed E-state index contributed by atoms with van der Waals surface area (Å²) in [6.45, 7) is -1.67. The van der Waals surface area contributed by atoms with Crippen molar-refractivity contribution in [2.24, 2.45) is 5.73 Å². The Kier molecular flexibility index (Phi) is 7.28. The maximum absolute atomic E-state index is 12.8. The summed E-state index contributed by atoms with van der Waals surface area (Å²) in [6, 6.07) is 14.3. The minimum atomic E-state index is -2.97. The molecule has 2 amide bonds. The second kappa shape index (κ2) is 10.1. The molecule has 0 unspecified atom stereocenters. The molecular weight excluding hydrogens is 408 g/mol. The highest BCUT2D eigenvalue weighted by Gasteiger charge is 2.31. The molecule has 0 spiro atoms. The Labute approximate surface area is 179 Å². The van der Waals surface area contributed by atoms with E-state index < -0.39 is 12.5 Å². The monoisotopic (exact) mass is 433 g/mol. The molecule has 3 rings (SSSR count). The Morgan fingerprint density at radius 2 is 1.87 bits per heavy atom. The summed E-state index contributed by atoms with van der Waals surface area (Å²) in [6.07, 6.45) is 0.235. The Bertz CT molecular complexity index is 911. The highest BCUT2D eigenvalue weighted by molar-refractivity contribution is 5.96. The van der Waals surface area contributed by atoms with Gasteiger partial charge in [0.15, 0.2) is 11.5 Å². The zero-order chi connectivity index (χ0) is 22.4. The Hall–Kier alpha value is -3.36. The second-order valence-corrected chi connectivity index (χ2v) is 7.23. The molecule has 1 saturated heterocycles. The summed E-state index contributed by atoms with van der Waals surface area (Å²) >= 11 is 0. The highest BCUT2D eigenvalue weighted by atomic mass is 19.3. The average Bonchev–Trinajstić information content (AvgIpc) is 2.73. The molecule has 9 heteroatoms. The van der Waals surface area contributed by atoms with Gasteiger partial charge in [0.25, 0.3) is 0 Å². The SMILES string of the molecule is COc1ccc(N2CCN(C(=O)CC(N)=O)[C@@H](Cc3ccccc3)C2)cc1OC(F)F. The zero-order valence-corrected chi connectivity index (χ0v) is 17.2. The van der Waals surface area contributed by atoms with Gasteiger partial charge in [-0.05, 0) is 24.1 Å². The molecule has 2 aromatic carbocycles. The van der Waals surface area contributed by atoms with E-state index in [0.29, 0.717) is 31.7 Å². The van der Waals surface area contributed by atoms with E-state index in [-0.39, 0.29) is 29.9 Å². The van der Waals surface area contributed by atoms with E-state index in [2.05, 4.69) is 4.74 Å². The maximum atomic E-state index is 12.8. The summed E-state index contributed by atoms with van der Waals surface area (Å²) < 4.78 is 35.3. The first-order valence-electron chi connectivity index (χ1n) is 9.87. The predicted molar refractivity (Wildman–Crippen MR) is 111 cm³/mol. The van der Waals surface area contributed by atoms with Gasteiger partial charge in [-0.25, -0.2) is 0 Å². The van der Waals surface area contributed by atoms with Crippen LogP contribution in [0.25, 0.3) is 0 Å². The smallest absolute Gasteiger partial charge is 0.387 e. The van der Waals surface area contributed by atoms with E-state index in [0.717, 1.165) is 5.56 Å². The minimum absolute atomic E-state index is 0.0538. The average molecular weight is 433 g/mol. The van der Waals surface area contributed by atoms with Crippen LogP contribution in [-0.4, -0.2) is 56.1 Å². The van der Waals surface area contributed by atoms with Gasteiger partial charge in [0.2, 0.25) is 11.8 Å². The number of primary amides is 1. The molecule has 1 heterocycles. The number of nitrogens with two attached hydrogens (primary N) is 1. The molecule has 1 fully saturated rings. The Balaban J connectivity index is 1.84. The van der Waals surface area contributed by atoms with Crippen LogP contribution in [-0.2, 0) is 16.0 Å². The topological polar surface area (TPSA) is 85.1 Å². The number of benzene rings is 2. The van der Waals surface area contributed by atoms with Crippen LogP contribution in [0.2, 0.25) is 0 Å². The molecule has 166 valence electrons. The molecule has 0 radical (unpaired) electrons. The molecule has 1 atom stereocenters. The molecular formula is C22H25F2N3O4. The molecule has 0 saturated carbocycles. The molecule has 2 aromatic rings. The number of hydrogen-bond acceptors (Lipinski definition) is 5. The van der Waals surface area contributed by atoms with E-state index >= 15 is 0 Å². The summed E-state index contributed by atoms with van der Waals surface area (Å²) in [5.41, 5.74) is 6.94. The van der Waals surface area contributed by atoms with Gasteiger partial charge in [-0.1, -0.05) is 30.3 Å². The normalized spacial score (nSPS) is 16.3. The summed E-state index contributed by atoms with van der Waals surface area (Å²) in [7, 11) is 1.38. The van der Waals surface area contributed by atoms with Crippen LogP contribution in [0, 0.1) is 0 Å². The van der Waals surface area contributed by atoms with Gasteiger partial charge in [0.05, 0.1) is 13.2 Å². The first-order valence-corrected chi connectivity index (χ1v) is 9.87. The first kappa shape index (κ1) is 22.3. The molecule has 0 aliphatic carbocycles. The molecule has 0 bridgehead atoms. The number of alkyl halides is 2. The van der Waals surface area contributed by atoms with E-state index in [1.807, 2.05) is 35.2 Å². The van der Waals surface area contributed by atoms with Crippen LogP contribution in [0.1, 0.15) is 12.0 Å². The van der Waals surface area contributed by atoms with Crippen molar-refractivity contribution in [3.8, 4) is 11.5 Å². The van der Waals surface area contributed by atoms with Crippen molar-refractivity contribution in [2.75, 3.05) is 31.6 Å². The van der Waals surface area contributed by atoms with Crippen LogP contribution < -0.4 is 20.1 Å². The number of methoxy groups -OCH3 is 1. The molecule has 1 aliphatic heterocycles. The number of hydrogen-bond donors (Lipinski definition) is 1. The third-order valence-electron chi connectivity index (χ3n) is 5.17. The molecule has 1 aliphatic rings. The van der Waals surface area contributed by atoms with E-state index in [1.165, 1.54) is 13.2 Å². The van der Waals surface area contributed by atoms with Crippen molar-refractivity contribution in [1.29, 1.82) is 0 Å². The number of anilines is 1. The molecule has 0 aromatic heterocycles. The summed E-state index contributed by atoms with van der Waals surface area (Å²) in [5.74, 6) is -0.832. The van der Waals surface area contributed by atoms with Crippen molar-refractivity contribution >= 4 is 17.5 Å². The second-order valence-electron chi connectivity index (χ2n) is 7.23. The van der Waals surface area contributed by atoms with E-state index in [1.54, 1.807) is 17.0 Å². The lowest BCUT2D eigenvalue weighted by Gasteiger charge is -2.42. The van der Waals surface area contributed by atoms with Crippen molar-refractivity contribution in [3.63, 3.8) is 0 Å². The predicted octanol–water partition coefficient (Wildman–Crippen LogP) is 2.43. The van der Waals surface area contributed by atoms with Gasteiger partial charge in [-0.15, -0.1) is 0 Å².